The van der Waals surface area contributed by atoms with E-state index in [1.165, 1.54) is 13.2 Å². The molecule has 4 rings (SSSR count). The standard InChI is InChI=1S/C22H17FN4O/c1-14-24-18(16-11-21(28-3)17(23)12-19(16)25-14)9-10-22-26-20(13-27(22)2)15-7-5-4-6-8-15/h4-8,11-13H,1-3H3. The molecule has 5 nitrogen and oxygen atoms in total. The second-order valence-electron chi connectivity index (χ2n) is 6.30. The molecule has 0 spiro atoms. The lowest BCUT2D eigenvalue weighted by Gasteiger charge is -2.06. The first kappa shape index (κ1) is 17.7. The number of halogens is 1. The van der Waals surface area contributed by atoms with Gasteiger partial charge in [0.1, 0.15) is 11.5 Å². The van der Waals surface area contributed by atoms with Crippen LogP contribution < -0.4 is 4.74 Å². The Balaban J connectivity index is 1.80. The van der Waals surface area contributed by atoms with Crippen LogP contribution in [0.2, 0.25) is 0 Å². The van der Waals surface area contributed by atoms with Crippen molar-refractivity contribution in [2.75, 3.05) is 7.11 Å². The molecule has 0 saturated carbocycles. The predicted molar refractivity (Wildman–Crippen MR) is 105 cm³/mol. The molecular weight excluding hydrogens is 355 g/mol. The van der Waals surface area contributed by atoms with Crippen molar-refractivity contribution in [2.45, 2.75) is 6.92 Å². The molecule has 0 aliphatic rings. The van der Waals surface area contributed by atoms with E-state index in [1.54, 1.807) is 13.0 Å². The largest absolute Gasteiger partial charge is 0.494 e. The van der Waals surface area contributed by atoms with Gasteiger partial charge in [0, 0.05) is 30.3 Å². The summed E-state index contributed by atoms with van der Waals surface area (Å²) in [7, 11) is 3.31. The molecule has 28 heavy (non-hydrogen) atoms. The smallest absolute Gasteiger partial charge is 0.186 e. The Hall–Kier alpha value is -3.72. The average molecular weight is 372 g/mol. The topological polar surface area (TPSA) is 52.8 Å². The van der Waals surface area contributed by atoms with E-state index in [-0.39, 0.29) is 5.75 Å². The zero-order valence-electron chi connectivity index (χ0n) is 15.7. The van der Waals surface area contributed by atoms with Gasteiger partial charge in [-0.1, -0.05) is 30.3 Å². The lowest BCUT2D eigenvalue weighted by Crippen LogP contribution is -1.97. The summed E-state index contributed by atoms with van der Waals surface area (Å²) in [6.45, 7) is 1.75. The summed E-state index contributed by atoms with van der Waals surface area (Å²) < 4.78 is 21.0. The zero-order valence-corrected chi connectivity index (χ0v) is 15.7. The van der Waals surface area contributed by atoms with Gasteiger partial charge in [0.2, 0.25) is 0 Å². The molecule has 2 aromatic carbocycles. The quantitative estimate of drug-likeness (QED) is 0.501. The SMILES string of the molecule is COc1cc2c(C#Cc3nc(-c4ccccc4)cn3C)nc(C)nc2cc1F. The van der Waals surface area contributed by atoms with E-state index in [1.807, 2.05) is 48.1 Å². The fourth-order valence-corrected chi connectivity index (χ4v) is 2.94. The van der Waals surface area contributed by atoms with E-state index in [4.69, 9.17) is 4.74 Å². The summed E-state index contributed by atoms with van der Waals surface area (Å²) in [6, 6.07) is 12.8. The van der Waals surface area contributed by atoms with Crippen molar-refractivity contribution in [1.82, 2.24) is 19.5 Å². The predicted octanol–water partition coefficient (Wildman–Crippen LogP) is 3.89. The molecule has 2 heterocycles. The molecule has 0 fully saturated rings. The number of aryl methyl sites for hydroxylation is 2. The van der Waals surface area contributed by atoms with Gasteiger partial charge in [-0.15, -0.1) is 0 Å². The molecule has 0 saturated heterocycles. The minimum atomic E-state index is -0.469. The zero-order chi connectivity index (χ0) is 19.7. The molecule has 0 N–H and O–H groups in total. The van der Waals surface area contributed by atoms with Crippen LogP contribution in [0.1, 0.15) is 17.3 Å². The summed E-state index contributed by atoms with van der Waals surface area (Å²) in [5.41, 5.74) is 2.86. The van der Waals surface area contributed by atoms with E-state index in [0.717, 1.165) is 11.3 Å². The van der Waals surface area contributed by atoms with Crippen LogP contribution in [0.4, 0.5) is 4.39 Å². The molecule has 138 valence electrons. The Kier molecular flexibility index (Phi) is 4.50. The number of hydrogen-bond donors (Lipinski definition) is 0. The van der Waals surface area contributed by atoms with E-state index >= 15 is 0 Å². The van der Waals surface area contributed by atoms with Gasteiger partial charge in [-0.05, 0) is 24.8 Å². The Morgan fingerprint density at radius 3 is 2.57 bits per heavy atom. The normalized spacial score (nSPS) is 10.6. The van der Waals surface area contributed by atoms with Crippen molar-refractivity contribution in [3.05, 3.63) is 71.8 Å². The maximum absolute atomic E-state index is 14.0. The van der Waals surface area contributed by atoms with Crippen molar-refractivity contribution in [1.29, 1.82) is 0 Å². The minimum absolute atomic E-state index is 0.131. The van der Waals surface area contributed by atoms with Crippen LogP contribution in [0, 0.1) is 24.6 Å². The average Bonchev–Trinajstić information content (AvgIpc) is 3.07. The summed E-state index contributed by atoms with van der Waals surface area (Å²) in [5, 5.41) is 0.633. The monoisotopic (exact) mass is 372 g/mol. The molecule has 0 aliphatic carbocycles. The molecule has 0 unspecified atom stereocenters. The maximum atomic E-state index is 14.0. The molecule has 0 amide bonds. The second-order valence-corrected chi connectivity index (χ2v) is 6.30. The van der Waals surface area contributed by atoms with Crippen LogP contribution in [-0.4, -0.2) is 26.6 Å². The highest BCUT2D eigenvalue weighted by Crippen LogP contribution is 2.25. The lowest BCUT2D eigenvalue weighted by molar-refractivity contribution is 0.387. The second kappa shape index (κ2) is 7.12. The Morgan fingerprint density at radius 1 is 1.04 bits per heavy atom. The number of benzene rings is 2. The first-order valence-corrected chi connectivity index (χ1v) is 8.68. The summed E-state index contributed by atoms with van der Waals surface area (Å²) in [4.78, 5) is 13.3. The van der Waals surface area contributed by atoms with Gasteiger partial charge in [0.05, 0.1) is 18.3 Å². The van der Waals surface area contributed by atoms with E-state index < -0.39 is 5.82 Å². The minimum Gasteiger partial charge on any atom is -0.494 e. The highest BCUT2D eigenvalue weighted by molar-refractivity contribution is 5.85. The third-order valence-corrected chi connectivity index (χ3v) is 4.32. The van der Waals surface area contributed by atoms with Gasteiger partial charge in [-0.2, -0.15) is 0 Å². The van der Waals surface area contributed by atoms with Crippen molar-refractivity contribution < 1.29 is 9.13 Å². The molecule has 4 aromatic rings. The molecular formula is C22H17FN4O. The first-order chi connectivity index (χ1) is 13.5. The Morgan fingerprint density at radius 2 is 1.82 bits per heavy atom. The Bertz CT molecular complexity index is 1240. The molecule has 6 heteroatoms. The third-order valence-electron chi connectivity index (χ3n) is 4.32. The fourth-order valence-electron chi connectivity index (χ4n) is 2.94. The summed E-state index contributed by atoms with van der Waals surface area (Å²) in [5.74, 6) is 6.92. The van der Waals surface area contributed by atoms with Crippen molar-refractivity contribution in [3.8, 4) is 28.8 Å². The molecule has 2 aromatic heterocycles. The number of methoxy groups -OCH3 is 1. The maximum Gasteiger partial charge on any atom is 0.186 e. The number of rotatable bonds is 2. The third kappa shape index (κ3) is 3.30. The van der Waals surface area contributed by atoms with E-state index in [0.29, 0.717) is 28.2 Å². The molecule has 0 bridgehead atoms. The van der Waals surface area contributed by atoms with Crippen LogP contribution in [0.25, 0.3) is 22.2 Å². The van der Waals surface area contributed by atoms with Crippen molar-refractivity contribution in [3.63, 3.8) is 0 Å². The number of nitrogens with zero attached hydrogens (tertiary/aromatic N) is 4. The van der Waals surface area contributed by atoms with Gasteiger partial charge >= 0.3 is 0 Å². The molecule has 0 aliphatic heterocycles. The Labute approximate surface area is 161 Å². The van der Waals surface area contributed by atoms with Gasteiger partial charge in [-0.3, -0.25) is 0 Å². The van der Waals surface area contributed by atoms with Crippen LogP contribution in [-0.2, 0) is 7.05 Å². The summed E-state index contributed by atoms with van der Waals surface area (Å²) in [6.07, 6.45) is 1.93. The molecule has 0 radical (unpaired) electrons. The van der Waals surface area contributed by atoms with Gasteiger partial charge < -0.3 is 9.30 Å². The van der Waals surface area contributed by atoms with Gasteiger partial charge in [0.25, 0.3) is 0 Å². The van der Waals surface area contributed by atoms with Crippen LogP contribution in [0.3, 0.4) is 0 Å². The number of aromatic nitrogens is 4. The van der Waals surface area contributed by atoms with Gasteiger partial charge in [-0.25, -0.2) is 19.3 Å². The highest BCUT2D eigenvalue weighted by atomic mass is 19.1. The fraction of sp³-hybridized carbons (Fsp3) is 0.136. The number of ether oxygens (including phenoxy) is 1. The first-order valence-electron chi connectivity index (χ1n) is 8.68. The van der Waals surface area contributed by atoms with E-state index in [2.05, 4.69) is 26.8 Å². The van der Waals surface area contributed by atoms with E-state index in [9.17, 15) is 4.39 Å². The lowest BCUT2D eigenvalue weighted by atomic mass is 10.1. The summed E-state index contributed by atoms with van der Waals surface area (Å²) >= 11 is 0. The highest BCUT2D eigenvalue weighted by Gasteiger charge is 2.11. The van der Waals surface area contributed by atoms with Crippen LogP contribution in [0.5, 0.6) is 5.75 Å². The van der Waals surface area contributed by atoms with Crippen molar-refractivity contribution in [2.24, 2.45) is 7.05 Å². The van der Waals surface area contributed by atoms with Crippen LogP contribution in [0.15, 0.2) is 48.7 Å². The molecule has 0 atom stereocenters. The van der Waals surface area contributed by atoms with Crippen molar-refractivity contribution >= 4 is 10.9 Å². The van der Waals surface area contributed by atoms with Crippen LogP contribution >= 0.6 is 0 Å². The number of imidazole rings is 1. The van der Waals surface area contributed by atoms with Gasteiger partial charge in [0.15, 0.2) is 17.4 Å². The number of fused-ring (bicyclic) bond motifs is 1. The number of hydrogen-bond acceptors (Lipinski definition) is 4.